The second-order valence-electron chi connectivity index (χ2n) is 2.91. The smallest absolute Gasteiger partial charge is 0.194 e. The van der Waals surface area contributed by atoms with Gasteiger partial charge in [0.05, 0.1) is 6.20 Å². The number of aromatic nitrogens is 1. The second kappa shape index (κ2) is 3.90. The minimum Gasteiger partial charge on any atom is -0.449 e. The molecule has 2 rings (SSSR count). The van der Waals surface area contributed by atoms with Gasteiger partial charge < -0.3 is 4.42 Å². The molecule has 0 aliphatic rings. The van der Waals surface area contributed by atoms with Crippen molar-refractivity contribution in [2.45, 2.75) is 12.8 Å². The molecule has 0 amide bonds. The van der Waals surface area contributed by atoms with Crippen LogP contribution in [0.25, 0.3) is 0 Å². The Hall–Kier alpha value is -1.57. The summed E-state index contributed by atoms with van der Waals surface area (Å²) in [5, 5.41) is 0. The first-order chi connectivity index (χ1) is 6.45. The highest BCUT2D eigenvalue weighted by molar-refractivity contribution is 5.15. The lowest BCUT2D eigenvalue weighted by Crippen LogP contribution is -1.90. The van der Waals surface area contributed by atoms with E-state index in [4.69, 9.17) is 4.42 Å². The highest BCUT2D eigenvalue weighted by Crippen LogP contribution is 2.04. The van der Waals surface area contributed by atoms with Crippen molar-refractivity contribution in [1.82, 2.24) is 4.98 Å². The van der Waals surface area contributed by atoms with E-state index >= 15 is 0 Å². The highest BCUT2D eigenvalue weighted by Gasteiger charge is 1.97. The Kier molecular flexibility index (Phi) is 2.41. The van der Waals surface area contributed by atoms with Crippen LogP contribution in [0, 0.1) is 0 Å². The van der Waals surface area contributed by atoms with Crippen molar-refractivity contribution < 1.29 is 4.42 Å². The number of rotatable bonds is 3. The molecule has 13 heavy (non-hydrogen) atoms. The summed E-state index contributed by atoms with van der Waals surface area (Å²) in [7, 11) is 0. The Morgan fingerprint density at radius 3 is 2.62 bits per heavy atom. The van der Waals surface area contributed by atoms with Crippen LogP contribution in [0.4, 0.5) is 0 Å². The Morgan fingerprint density at radius 2 is 1.92 bits per heavy atom. The Balaban J connectivity index is 1.94. The second-order valence-corrected chi connectivity index (χ2v) is 2.91. The number of aryl methyl sites for hydroxylation is 2. The third-order valence-electron chi connectivity index (χ3n) is 1.95. The Morgan fingerprint density at radius 1 is 1.08 bits per heavy atom. The van der Waals surface area contributed by atoms with Crippen LogP contribution in [-0.4, -0.2) is 4.98 Å². The van der Waals surface area contributed by atoms with Crippen molar-refractivity contribution in [3.63, 3.8) is 0 Å². The first-order valence-corrected chi connectivity index (χ1v) is 4.37. The third-order valence-corrected chi connectivity index (χ3v) is 1.95. The SMILES string of the molecule is c1ccc(CCc2ncco2)cc1. The highest BCUT2D eigenvalue weighted by atomic mass is 16.3. The molecule has 0 saturated heterocycles. The van der Waals surface area contributed by atoms with Crippen LogP contribution < -0.4 is 0 Å². The largest absolute Gasteiger partial charge is 0.449 e. The summed E-state index contributed by atoms with van der Waals surface area (Å²) in [6.07, 6.45) is 5.15. The fraction of sp³-hybridized carbons (Fsp3) is 0.182. The maximum absolute atomic E-state index is 5.14. The molecule has 1 heterocycles. The van der Waals surface area contributed by atoms with Gasteiger partial charge in [-0.15, -0.1) is 0 Å². The minimum absolute atomic E-state index is 0.809. The molecule has 0 aliphatic carbocycles. The molecule has 1 aromatic carbocycles. The fourth-order valence-electron chi connectivity index (χ4n) is 1.27. The normalized spacial score (nSPS) is 10.2. The van der Waals surface area contributed by atoms with Crippen molar-refractivity contribution in [1.29, 1.82) is 0 Å². The Bertz CT molecular complexity index is 340. The van der Waals surface area contributed by atoms with Gasteiger partial charge in [0.25, 0.3) is 0 Å². The summed E-state index contributed by atoms with van der Waals surface area (Å²) in [5.41, 5.74) is 1.32. The van der Waals surface area contributed by atoms with Crippen molar-refractivity contribution in [3.8, 4) is 0 Å². The molecule has 0 unspecified atom stereocenters. The van der Waals surface area contributed by atoms with Gasteiger partial charge in [-0.2, -0.15) is 0 Å². The lowest BCUT2D eigenvalue weighted by molar-refractivity contribution is 0.494. The molecular formula is C11H11NO. The Labute approximate surface area is 77.2 Å². The summed E-state index contributed by atoms with van der Waals surface area (Å²) >= 11 is 0. The van der Waals surface area contributed by atoms with Gasteiger partial charge in [-0.1, -0.05) is 30.3 Å². The van der Waals surface area contributed by atoms with Gasteiger partial charge in [0.1, 0.15) is 6.26 Å². The van der Waals surface area contributed by atoms with E-state index in [-0.39, 0.29) is 0 Å². The summed E-state index contributed by atoms with van der Waals surface area (Å²) in [5.74, 6) is 0.809. The minimum atomic E-state index is 0.809. The predicted octanol–water partition coefficient (Wildman–Crippen LogP) is 2.46. The van der Waals surface area contributed by atoms with Crippen LogP contribution in [-0.2, 0) is 12.8 Å². The maximum Gasteiger partial charge on any atom is 0.194 e. The zero-order valence-electron chi connectivity index (χ0n) is 7.31. The summed E-state index contributed by atoms with van der Waals surface area (Å²) in [6, 6.07) is 10.3. The number of hydrogen-bond acceptors (Lipinski definition) is 2. The average Bonchev–Trinajstić information content (AvgIpc) is 2.69. The van der Waals surface area contributed by atoms with Gasteiger partial charge in [0.2, 0.25) is 0 Å². The van der Waals surface area contributed by atoms with Crippen molar-refractivity contribution in [2.75, 3.05) is 0 Å². The van der Waals surface area contributed by atoms with Crippen LogP contribution >= 0.6 is 0 Å². The molecule has 0 bridgehead atoms. The molecule has 0 radical (unpaired) electrons. The van der Waals surface area contributed by atoms with E-state index in [0.717, 1.165) is 18.7 Å². The number of hydrogen-bond donors (Lipinski definition) is 0. The third kappa shape index (κ3) is 2.18. The van der Waals surface area contributed by atoms with Gasteiger partial charge in [0.15, 0.2) is 5.89 Å². The monoisotopic (exact) mass is 173 g/mol. The molecule has 0 atom stereocenters. The van der Waals surface area contributed by atoms with E-state index in [1.165, 1.54) is 5.56 Å². The number of nitrogens with zero attached hydrogens (tertiary/aromatic N) is 1. The first kappa shape index (κ1) is 8.05. The first-order valence-electron chi connectivity index (χ1n) is 4.37. The fourth-order valence-corrected chi connectivity index (χ4v) is 1.27. The van der Waals surface area contributed by atoms with Crippen LogP contribution in [0.15, 0.2) is 47.2 Å². The van der Waals surface area contributed by atoms with Gasteiger partial charge >= 0.3 is 0 Å². The van der Waals surface area contributed by atoms with E-state index in [1.807, 2.05) is 18.2 Å². The van der Waals surface area contributed by atoms with Gasteiger partial charge in [-0.25, -0.2) is 4.98 Å². The van der Waals surface area contributed by atoms with Crippen molar-refractivity contribution in [2.24, 2.45) is 0 Å². The van der Waals surface area contributed by atoms with E-state index in [1.54, 1.807) is 12.5 Å². The number of oxazole rings is 1. The molecule has 0 N–H and O–H groups in total. The molecule has 0 spiro atoms. The summed E-state index contributed by atoms with van der Waals surface area (Å²) in [4.78, 5) is 4.06. The quantitative estimate of drug-likeness (QED) is 0.712. The van der Waals surface area contributed by atoms with E-state index < -0.39 is 0 Å². The molecule has 2 aromatic rings. The van der Waals surface area contributed by atoms with Crippen LogP contribution in [0.3, 0.4) is 0 Å². The molecule has 66 valence electrons. The van der Waals surface area contributed by atoms with Crippen LogP contribution in [0.1, 0.15) is 11.5 Å². The molecule has 0 fully saturated rings. The van der Waals surface area contributed by atoms with Crippen LogP contribution in [0.5, 0.6) is 0 Å². The lowest BCUT2D eigenvalue weighted by atomic mass is 10.1. The van der Waals surface area contributed by atoms with Crippen LogP contribution in [0.2, 0.25) is 0 Å². The molecule has 2 nitrogen and oxygen atoms in total. The standard InChI is InChI=1S/C11H11NO/c1-2-4-10(5-3-1)6-7-11-12-8-9-13-11/h1-5,8-9H,6-7H2. The average molecular weight is 173 g/mol. The maximum atomic E-state index is 5.14. The lowest BCUT2D eigenvalue weighted by Gasteiger charge is -1.96. The zero-order chi connectivity index (χ0) is 8.93. The predicted molar refractivity (Wildman–Crippen MR) is 50.4 cm³/mol. The van der Waals surface area contributed by atoms with E-state index in [2.05, 4.69) is 17.1 Å². The summed E-state index contributed by atoms with van der Waals surface area (Å²) < 4.78 is 5.14. The molecule has 0 aliphatic heterocycles. The zero-order valence-corrected chi connectivity index (χ0v) is 7.31. The van der Waals surface area contributed by atoms with Gasteiger partial charge in [-0.3, -0.25) is 0 Å². The molecule has 1 aromatic heterocycles. The van der Waals surface area contributed by atoms with Gasteiger partial charge in [-0.05, 0) is 12.0 Å². The van der Waals surface area contributed by atoms with E-state index in [9.17, 15) is 0 Å². The molecule has 2 heteroatoms. The summed E-state index contributed by atoms with van der Waals surface area (Å²) in [6.45, 7) is 0. The topological polar surface area (TPSA) is 26.0 Å². The van der Waals surface area contributed by atoms with Gasteiger partial charge in [0, 0.05) is 6.42 Å². The molecular weight excluding hydrogens is 162 g/mol. The van der Waals surface area contributed by atoms with E-state index in [0.29, 0.717) is 0 Å². The van der Waals surface area contributed by atoms with Crippen molar-refractivity contribution >= 4 is 0 Å². The molecule has 0 saturated carbocycles. The number of benzene rings is 1. The van der Waals surface area contributed by atoms with Crippen molar-refractivity contribution in [3.05, 3.63) is 54.2 Å².